The van der Waals surface area contributed by atoms with Gasteiger partial charge in [0.15, 0.2) is 5.78 Å². The van der Waals surface area contributed by atoms with Gasteiger partial charge in [-0.1, -0.05) is 18.2 Å². The Morgan fingerprint density at radius 1 is 1.00 bits per heavy atom. The molecule has 0 bridgehead atoms. The topological polar surface area (TPSA) is 75.7 Å². The minimum atomic E-state index is -0.553. The van der Waals surface area contributed by atoms with E-state index in [1.54, 1.807) is 55.5 Å². The lowest BCUT2D eigenvalue weighted by Crippen LogP contribution is -2.15. The number of carbonyl (C=O) groups excluding carboxylic acids is 3. The van der Waals surface area contributed by atoms with E-state index >= 15 is 0 Å². The second-order valence-corrected chi connectivity index (χ2v) is 5.72. The van der Waals surface area contributed by atoms with Gasteiger partial charge in [0.2, 0.25) is 0 Å². The van der Waals surface area contributed by atoms with Gasteiger partial charge < -0.3 is 15.0 Å². The summed E-state index contributed by atoms with van der Waals surface area (Å²) < 4.78 is 4.70. The molecule has 0 aromatic heterocycles. The SMILES string of the molecule is COC(=O)c1ccc(C(=O)/C=C/N(C)C)c(NC(=O)c2ccccc2)c1. The van der Waals surface area contributed by atoms with Crippen LogP contribution in [0.2, 0.25) is 0 Å². The molecule has 0 spiro atoms. The number of benzene rings is 2. The summed E-state index contributed by atoms with van der Waals surface area (Å²) >= 11 is 0. The molecule has 2 aromatic rings. The summed E-state index contributed by atoms with van der Waals surface area (Å²) in [7, 11) is 4.86. The third-order valence-electron chi connectivity index (χ3n) is 3.51. The van der Waals surface area contributed by atoms with Gasteiger partial charge in [0, 0.05) is 37.5 Å². The first kappa shape index (κ1) is 18.9. The Balaban J connectivity index is 2.40. The van der Waals surface area contributed by atoms with Crippen LogP contribution in [-0.4, -0.2) is 43.8 Å². The Labute approximate surface area is 152 Å². The van der Waals surface area contributed by atoms with Gasteiger partial charge in [-0.3, -0.25) is 9.59 Å². The number of carbonyl (C=O) groups is 3. The van der Waals surface area contributed by atoms with E-state index < -0.39 is 5.97 Å². The molecule has 0 radical (unpaired) electrons. The standard InChI is InChI=1S/C20H20N2O4/c1-22(2)12-11-18(23)16-10-9-15(20(25)26-3)13-17(16)21-19(24)14-7-5-4-6-8-14/h4-13H,1-3H3,(H,21,24)/b12-11+. The van der Waals surface area contributed by atoms with E-state index in [0.29, 0.717) is 5.56 Å². The number of ether oxygens (including phenoxy) is 1. The van der Waals surface area contributed by atoms with Crippen LogP contribution in [0.15, 0.2) is 60.8 Å². The molecular weight excluding hydrogens is 332 g/mol. The summed E-state index contributed by atoms with van der Waals surface area (Å²) in [5.41, 5.74) is 1.21. The van der Waals surface area contributed by atoms with Crippen LogP contribution in [0.3, 0.4) is 0 Å². The highest BCUT2D eigenvalue weighted by Gasteiger charge is 2.16. The molecular formula is C20H20N2O4. The predicted molar refractivity (Wildman–Crippen MR) is 99.3 cm³/mol. The van der Waals surface area contributed by atoms with Crippen LogP contribution in [0.5, 0.6) is 0 Å². The van der Waals surface area contributed by atoms with Crippen LogP contribution in [0.1, 0.15) is 31.1 Å². The number of methoxy groups -OCH3 is 1. The molecule has 26 heavy (non-hydrogen) atoms. The molecule has 0 saturated heterocycles. The van der Waals surface area contributed by atoms with Crippen LogP contribution in [0, 0.1) is 0 Å². The van der Waals surface area contributed by atoms with E-state index in [-0.39, 0.29) is 28.5 Å². The van der Waals surface area contributed by atoms with Gasteiger partial charge >= 0.3 is 5.97 Å². The average molecular weight is 352 g/mol. The zero-order chi connectivity index (χ0) is 19.1. The molecule has 0 aliphatic carbocycles. The maximum absolute atomic E-state index is 12.5. The number of hydrogen-bond donors (Lipinski definition) is 1. The number of anilines is 1. The van der Waals surface area contributed by atoms with Crippen molar-refractivity contribution in [3.63, 3.8) is 0 Å². The number of esters is 1. The number of nitrogens with one attached hydrogen (secondary N) is 1. The summed E-state index contributed by atoms with van der Waals surface area (Å²) in [6, 6.07) is 13.0. The molecule has 6 nitrogen and oxygen atoms in total. The normalized spacial score (nSPS) is 10.4. The van der Waals surface area contributed by atoms with Crippen LogP contribution in [0.4, 0.5) is 5.69 Å². The van der Waals surface area contributed by atoms with Crippen molar-refractivity contribution >= 4 is 23.3 Å². The predicted octanol–water partition coefficient (Wildman–Crippen LogP) is 2.98. The molecule has 0 saturated carbocycles. The summed E-state index contributed by atoms with van der Waals surface area (Å²) in [6.07, 6.45) is 3.00. The molecule has 0 unspecified atom stereocenters. The summed E-state index contributed by atoms with van der Waals surface area (Å²) in [5.74, 6) is -1.22. The van der Waals surface area contributed by atoms with E-state index in [2.05, 4.69) is 5.32 Å². The lowest BCUT2D eigenvalue weighted by atomic mass is 10.0. The first-order chi connectivity index (χ1) is 12.4. The number of allylic oxidation sites excluding steroid dienone is 1. The molecule has 1 amide bonds. The summed E-state index contributed by atoms with van der Waals surface area (Å²) in [5, 5.41) is 2.70. The average Bonchev–Trinajstić information content (AvgIpc) is 2.66. The Kier molecular flexibility index (Phi) is 6.27. The van der Waals surface area contributed by atoms with Crippen molar-refractivity contribution in [2.45, 2.75) is 0 Å². The van der Waals surface area contributed by atoms with E-state index in [4.69, 9.17) is 4.74 Å². The third-order valence-corrected chi connectivity index (χ3v) is 3.51. The number of rotatable bonds is 6. The van der Waals surface area contributed by atoms with Crippen LogP contribution < -0.4 is 5.32 Å². The van der Waals surface area contributed by atoms with Crippen molar-refractivity contribution in [2.24, 2.45) is 0 Å². The van der Waals surface area contributed by atoms with Crippen molar-refractivity contribution in [3.8, 4) is 0 Å². The molecule has 0 atom stereocenters. The Morgan fingerprint density at radius 3 is 2.31 bits per heavy atom. The van der Waals surface area contributed by atoms with Crippen molar-refractivity contribution in [2.75, 3.05) is 26.5 Å². The van der Waals surface area contributed by atoms with Gasteiger partial charge in [0.05, 0.1) is 18.4 Å². The van der Waals surface area contributed by atoms with Crippen molar-refractivity contribution < 1.29 is 19.1 Å². The number of nitrogens with zero attached hydrogens (tertiary/aromatic N) is 1. The van der Waals surface area contributed by atoms with Crippen molar-refractivity contribution in [1.82, 2.24) is 4.90 Å². The second-order valence-electron chi connectivity index (χ2n) is 5.72. The van der Waals surface area contributed by atoms with Gasteiger partial charge in [-0.2, -0.15) is 0 Å². The summed E-state index contributed by atoms with van der Waals surface area (Å²) in [4.78, 5) is 38.4. The molecule has 0 heterocycles. The fraction of sp³-hybridized carbons (Fsp3) is 0.150. The molecule has 1 N–H and O–H groups in total. The monoisotopic (exact) mass is 352 g/mol. The molecule has 0 fully saturated rings. The maximum atomic E-state index is 12.5. The molecule has 2 aromatic carbocycles. The lowest BCUT2D eigenvalue weighted by molar-refractivity contribution is 0.0600. The first-order valence-corrected chi connectivity index (χ1v) is 7.90. The highest BCUT2D eigenvalue weighted by Crippen LogP contribution is 2.21. The fourth-order valence-corrected chi connectivity index (χ4v) is 2.20. The van der Waals surface area contributed by atoms with Gasteiger partial charge in [-0.05, 0) is 30.3 Å². The van der Waals surface area contributed by atoms with Gasteiger partial charge in [-0.15, -0.1) is 0 Å². The van der Waals surface area contributed by atoms with Gasteiger partial charge in [0.25, 0.3) is 5.91 Å². The zero-order valence-corrected chi connectivity index (χ0v) is 14.9. The lowest BCUT2D eigenvalue weighted by Gasteiger charge is -2.11. The Hall–Kier alpha value is -3.41. The Morgan fingerprint density at radius 2 is 1.69 bits per heavy atom. The number of amides is 1. The fourth-order valence-electron chi connectivity index (χ4n) is 2.20. The maximum Gasteiger partial charge on any atom is 0.337 e. The first-order valence-electron chi connectivity index (χ1n) is 7.90. The van der Waals surface area contributed by atoms with Crippen LogP contribution in [-0.2, 0) is 4.74 Å². The van der Waals surface area contributed by atoms with Gasteiger partial charge in [-0.25, -0.2) is 4.79 Å². The summed E-state index contributed by atoms with van der Waals surface area (Å²) in [6.45, 7) is 0. The highest BCUT2D eigenvalue weighted by molar-refractivity contribution is 6.13. The highest BCUT2D eigenvalue weighted by atomic mass is 16.5. The largest absolute Gasteiger partial charge is 0.465 e. The molecule has 0 aliphatic heterocycles. The second kappa shape index (κ2) is 8.62. The van der Waals surface area contributed by atoms with Crippen molar-refractivity contribution in [1.29, 1.82) is 0 Å². The van der Waals surface area contributed by atoms with E-state index in [1.807, 2.05) is 0 Å². The van der Waals surface area contributed by atoms with E-state index in [9.17, 15) is 14.4 Å². The van der Waals surface area contributed by atoms with Crippen LogP contribution >= 0.6 is 0 Å². The van der Waals surface area contributed by atoms with Gasteiger partial charge in [0.1, 0.15) is 0 Å². The van der Waals surface area contributed by atoms with E-state index in [1.165, 1.54) is 31.4 Å². The molecule has 134 valence electrons. The minimum absolute atomic E-state index is 0.240. The van der Waals surface area contributed by atoms with Crippen LogP contribution in [0.25, 0.3) is 0 Å². The minimum Gasteiger partial charge on any atom is -0.465 e. The molecule has 0 aliphatic rings. The quantitative estimate of drug-likeness (QED) is 0.491. The number of ketones is 1. The molecule has 2 rings (SSSR count). The number of hydrogen-bond acceptors (Lipinski definition) is 5. The third kappa shape index (κ3) is 4.80. The molecule has 6 heteroatoms. The van der Waals surface area contributed by atoms with E-state index in [0.717, 1.165) is 0 Å². The zero-order valence-electron chi connectivity index (χ0n) is 14.9. The van der Waals surface area contributed by atoms with Crippen molar-refractivity contribution in [3.05, 3.63) is 77.5 Å². The Bertz CT molecular complexity index is 842. The smallest absolute Gasteiger partial charge is 0.337 e.